The van der Waals surface area contributed by atoms with Crippen LogP contribution in [0.5, 0.6) is 0 Å². The number of piperazine rings is 1. The minimum absolute atomic E-state index is 0.00527. The van der Waals surface area contributed by atoms with Crippen LogP contribution in [0.25, 0.3) is 0 Å². The van der Waals surface area contributed by atoms with Gasteiger partial charge in [-0.15, -0.1) is 0 Å². The van der Waals surface area contributed by atoms with Crippen molar-refractivity contribution in [2.24, 2.45) is 10.2 Å². The summed E-state index contributed by atoms with van der Waals surface area (Å²) in [6.45, 7) is 13.7. The van der Waals surface area contributed by atoms with Crippen molar-refractivity contribution in [3.63, 3.8) is 0 Å². The van der Waals surface area contributed by atoms with E-state index in [2.05, 4.69) is 65.2 Å². The number of fused-ring (bicyclic) bond motifs is 1. The van der Waals surface area contributed by atoms with Gasteiger partial charge < -0.3 is 15.3 Å². The van der Waals surface area contributed by atoms with Gasteiger partial charge in [0.25, 0.3) is 0 Å². The molecule has 34 heavy (non-hydrogen) atoms. The van der Waals surface area contributed by atoms with E-state index < -0.39 is 0 Å². The lowest BCUT2D eigenvalue weighted by Crippen LogP contribution is -2.49. The third-order valence-electron chi connectivity index (χ3n) is 7.07. The van der Waals surface area contributed by atoms with Crippen LogP contribution in [-0.2, 0) is 0 Å². The number of hydrogen-bond acceptors (Lipinski definition) is 7. The number of aryl methyl sites for hydroxylation is 1. The van der Waals surface area contributed by atoms with Crippen LogP contribution in [-0.4, -0.2) is 67.2 Å². The molecule has 7 heteroatoms. The summed E-state index contributed by atoms with van der Waals surface area (Å²) in [5.74, 6) is 0.538. The van der Waals surface area contributed by atoms with E-state index in [0.717, 1.165) is 49.5 Å². The van der Waals surface area contributed by atoms with Crippen LogP contribution in [0.1, 0.15) is 54.6 Å². The Hall–Kier alpha value is -2.61. The van der Waals surface area contributed by atoms with Crippen LogP contribution in [0.2, 0.25) is 0 Å². The molecule has 1 saturated heterocycles. The van der Waals surface area contributed by atoms with E-state index in [4.69, 9.17) is 0 Å². The lowest BCUT2D eigenvalue weighted by molar-refractivity contribution is 0.0921. The number of anilines is 1. The van der Waals surface area contributed by atoms with Crippen LogP contribution in [0, 0.1) is 6.92 Å². The Labute approximate surface area is 202 Å². The summed E-state index contributed by atoms with van der Waals surface area (Å²) in [7, 11) is 0. The second kappa shape index (κ2) is 10.3. The fraction of sp³-hybridized carbons (Fsp3) is 0.519. The van der Waals surface area contributed by atoms with Gasteiger partial charge in [-0.3, -0.25) is 9.69 Å². The third-order valence-corrected chi connectivity index (χ3v) is 7.07. The lowest BCUT2D eigenvalue weighted by atomic mass is 9.79. The zero-order chi connectivity index (χ0) is 24.3. The van der Waals surface area contributed by atoms with Crippen LogP contribution < -0.4 is 10.2 Å². The minimum atomic E-state index is -0.00527. The molecule has 2 aromatic rings. The average molecular weight is 464 g/mol. The normalized spacial score (nSPS) is 20.5. The Bertz CT molecular complexity index is 1040. The van der Waals surface area contributed by atoms with Crippen molar-refractivity contribution in [2.75, 3.05) is 50.8 Å². The predicted molar refractivity (Wildman–Crippen MR) is 137 cm³/mol. The molecule has 182 valence electrons. The van der Waals surface area contributed by atoms with Crippen LogP contribution in [0.3, 0.4) is 0 Å². The minimum Gasteiger partial charge on any atom is -0.395 e. The van der Waals surface area contributed by atoms with E-state index in [1.54, 1.807) is 0 Å². The third kappa shape index (κ3) is 5.37. The highest BCUT2D eigenvalue weighted by molar-refractivity contribution is 5.97. The summed E-state index contributed by atoms with van der Waals surface area (Å²) >= 11 is 0. The van der Waals surface area contributed by atoms with E-state index in [0.29, 0.717) is 24.6 Å². The highest BCUT2D eigenvalue weighted by atomic mass is 16.3. The molecule has 2 heterocycles. The Morgan fingerprint density at radius 2 is 1.85 bits per heavy atom. The lowest BCUT2D eigenvalue weighted by Gasteiger charge is -2.47. The number of Topliss-reactive ketones (excluding diaryl/α,β-unsaturated/α-hetero) is 1. The first-order chi connectivity index (χ1) is 16.3. The Morgan fingerprint density at radius 3 is 2.53 bits per heavy atom. The maximum atomic E-state index is 12.6. The number of carbonyl (C=O) groups is 1. The van der Waals surface area contributed by atoms with Crippen LogP contribution in [0.15, 0.2) is 46.6 Å². The first-order valence-electron chi connectivity index (χ1n) is 12.3. The number of aliphatic hydroxyl groups is 1. The van der Waals surface area contributed by atoms with Crippen molar-refractivity contribution in [1.82, 2.24) is 10.2 Å². The number of rotatable bonds is 7. The fourth-order valence-corrected chi connectivity index (χ4v) is 5.24. The molecule has 0 aliphatic carbocycles. The molecule has 0 bridgehead atoms. The highest BCUT2D eigenvalue weighted by Gasteiger charge is 2.36. The molecule has 0 saturated carbocycles. The van der Waals surface area contributed by atoms with Gasteiger partial charge in [-0.05, 0) is 80.6 Å². The summed E-state index contributed by atoms with van der Waals surface area (Å²) in [6.07, 6.45) is 1.02. The number of azo groups is 1. The molecule has 1 fully saturated rings. The Kier molecular flexibility index (Phi) is 7.45. The highest BCUT2D eigenvalue weighted by Crippen LogP contribution is 2.45. The second-order valence-corrected chi connectivity index (χ2v) is 10.2. The van der Waals surface area contributed by atoms with E-state index in [1.807, 2.05) is 24.3 Å². The molecular weight excluding hydrogens is 426 g/mol. The summed E-state index contributed by atoms with van der Waals surface area (Å²) in [5, 5.41) is 21.9. The van der Waals surface area contributed by atoms with Crippen molar-refractivity contribution < 1.29 is 9.90 Å². The number of carbonyl (C=O) groups excluding carboxylic acids is 1. The Balaban J connectivity index is 1.49. The van der Waals surface area contributed by atoms with Gasteiger partial charge in [-0.25, -0.2) is 0 Å². The van der Waals surface area contributed by atoms with Crippen molar-refractivity contribution in [2.45, 2.75) is 45.6 Å². The largest absolute Gasteiger partial charge is 0.395 e. The molecule has 7 nitrogen and oxygen atoms in total. The number of hydrogen-bond donors (Lipinski definition) is 2. The number of β-amino-alcohol motifs (C(OH)–C–C–N with tert-alkyl or cyclic N) is 1. The molecule has 0 amide bonds. The Morgan fingerprint density at radius 1 is 1.15 bits per heavy atom. The first kappa shape index (κ1) is 24.5. The van der Waals surface area contributed by atoms with E-state index in [9.17, 15) is 9.90 Å². The molecule has 2 aromatic carbocycles. The topological polar surface area (TPSA) is 80.5 Å². The summed E-state index contributed by atoms with van der Waals surface area (Å²) < 4.78 is 0. The number of benzene rings is 2. The summed E-state index contributed by atoms with van der Waals surface area (Å²) in [6, 6.07) is 11.7. The van der Waals surface area contributed by atoms with Crippen molar-refractivity contribution in [3.8, 4) is 0 Å². The molecule has 0 spiro atoms. The van der Waals surface area contributed by atoms with E-state index in [-0.39, 0.29) is 17.9 Å². The van der Waals surface area contributed by atoms with Gasteiger partial charge in [0.2, 0.25) is 0 Å². The molecule has 0 radical (unpaired) electrons. The average Bonchev–Trinajstić information content (AvgIpc) is 2.81. The van der Waals surface area contributed by atoms with Gasteiger partial charge in [0.05, 0.1) is 24.5 Å². The number of aliphatic hydroxyl groups excluding tert-OH is 1. The molecule has 2 aliphatic rings. The fourth-order valence-electron chi connectivity index (χ4n) is 5.24. The molecule has 2 aliphatic heterocycles. The van der Waals surface area contributed by atoms with Crippen LogP contribution in [0.4, 0.5) is 17.1 Å². The maximum Gasteiger partial charge on any atom is 0.176 e. The van der Waals surface area contributed by atoms with E-state index >= 15 is 0 Å². The molecule has 4 rings (SSSR count). The molecule has 1 unspecified atom stereocenters. The number of nitrogens with one attached hydrogen (secondary N) is 1. The molecule has 2 N–H and O–H groups in total. The monoisotopic (exact) mass is 463 g/mol. The quantitative estimate of drug-likeness (QED) is 0.464. The summed E-state index contributed by atoms with van der Waals surface area (Å²) in [5.41, 5.74) is 5.78. The standard InChI is InChI=1S/C27H37N5O2/c1-19-15-25-23(20(2)17-27(3,4)32(25)13-14-33)16-24(19)30-29-22-7-5-21(6-8-22)26(34)18-31-11-9-28-10-12-31/h5-8,15-16,20,28,33H,9-14,17-18H2,1-4H3. The number of nitrogens with zero attached hydrogens (tertiary/aromatic N) is 4. The zero-order valence-electron chi connectivity index (χ0n) is 20.8. The molecule has 1 atom stereocenters. The second-order valence-electron chi connectivity index (χ2n) is 10.2. The van der Waals surface area contributed by atoms with Gasteiger partial charge >= 0.3 is 0 Å². The SMILES string of the molecule is Cc1cc2c(cc1N=Nc1ccc(C(=O)CN3CCNCC3)cc1)C(C)CC(C)(C)N2CCO. The first-order valence-corrected chi connectivity index (χ1v) is 12.3. The van der Waals surface area contributed by atoms with Gasteiger partial charge in [-0.2, -0.15) is 10.2 Å². The zero-order valence-corrected chi connectivity index (χ0v) is 20.8. The molecular formula is C27H37N5O2. The maximum absolute atomic E-state index is 12.6. The molecule has 0 aromatic heterocycles. The number of ketones is 1. The smallest absolute Gasteiger partial charge is 0.176 e. The van der Waals surface area contributed by atoms with E-state index in [1.165, 1.54) is 11.3 Å². The van der Waals surface area contributed by atoms with Gasteiger partial charge in [0, 0.05) is 49.5 Å². The van der Waals surface area contributed by atoms with Crippen molar-refractivity contribution >= 4 is 22.8 Å². The van der Waals surface area contributed by atoms with Gasteiger partial charge in [0.15, 0.2) is 5.78 Å². The predicted octanol–water partition coefficient (Wildman–Crippen LogP) is 4.58. The van der Waals surface area contributed by atoms with Crippen LogP contribution >= 0.6 is 0 Å². The van der Waals surface area contributed by atoms with Crippen molar-refractivity contribution in [1.29, 1.82) is 0 Å². The van der Waals surface area contributed by atoms with Crippen molar-refractivity contribution in [3.05, 3.63) is 53.1 Å². The summed E-state index contributed by atoms with van der Waals surface area (Å²) in [4.78, 5) is 17.1. The van der Waals surface area contributed by atoms with Gasteiger partial charge in [-0.1, -0.05) is 6.92 Å². The van der Waals surface area contributed by atoms with Gasteiger partial charge in [0.1, 0.15) is 0 Å².